The molecule has 4 heteroatoms. The summed E-state index contributed by atoms with van der Waals surface area (Å²) in [7, 11) is 1.31. The lowest BCUT2D eigenvalue weighted by Gasteiger charge is -2.07. The van der Waals surface area contributed by atoms with Crippen LogP contribution in [0, 0.1) is 12.7 Å². The molecule has 0 bridgehead atoms. The van der Waals surface area contributed by atoms with Gasteiger partial charge in [0.25, 0.3) is 0 Å². The van der Waals surface area contributed by atoms with Crippen molar-refractivity contribution in [1.82, 2.24) is 0 Å². The van der Waals surface area contributed by atoms with Crippen molar-refractivity contribution in [3.63, 3.8) is 0 Å². The normalized spacial score (nSPS) is 10.0. The molecule has 0 aromatic heterocycles. The molecule has 0 saturated carbocycles. The number of carbonyl (C=O) groups excluding carboxylic acids is 1. The maximum Gasteiger partial charge on any atom is 0.310 e. The van der Waals surface area contributed by atoms with Gasteiger partial charge in [-0.3, -0.25) is 4.79 Å². The van der Waals surface area contributed by atoms with Crippen LogP contribution in [0.1, 0.15) is 11.1 Å². The lowest BCUT2D eigenvalue weighted by molar-refractivity contribution is -0.139. The Bertz CT molecular complexity index is 363. The molecule has 1 aromatic carbocycles. The number of hydrogen-bond acceptors (Lipinski definition) is 2. The van der Waals surface area contributed by atoms with E-state index in [-0.39, 0.29) is 18.2 Å². The summed E-state index contributed by atoms with van der Waals surface area (Å²) in [6.07, 6.45) is 0.0840. The maximum atomic E-state index is 13.1. The first-order valence-electron chi connectivity index (χ1n) is 4.06. The zero-order chi connectivity index (χ0) is 10.7. The van der Waals surface area contributed by atoms with Crippen molar-refractivity contribution in [2.24, 2.45) is 0 Å². The molecule has 0 amide bonds. The number of esters is 1. The van der Waals surface area contributed by atoms with Gasteiger partial charge in [0.15, 0.2) is 0 Å². The number of rotatable bonds is 2. The fourth-order valence-corrected chi connectivity index (χ4v) is 1.70. The van der Waals surface area contributed by atoms with E-state index in [4.69, 9.17) is 0 Å². The summed E-state index contributed by atoms with van der Waals surface area (Å²) in [6.45, 7) is 1.64. The van der Waals surface area contributed by atoms with Gasteiger partial charge in [-0.05, 0) is 30.2 Å². The molecular formula is C10H10BrFO2. The second-order valence-electron chi connectivity index (χ2n) is 2.89. The highest BCUT2D eigenvalue weighted by molar-refractivity contribution is 9.10. The average molecular weight is 261 g/mol. The Kier molecular flexibility index (Phi) is 3.63. The highest BCUT2D eigenvalue weighted by Gasteiger charge is 2.12. The second-order valence-corrected chi connectivity index (χ2v) is 3.74. The standard InChI is InChI=1S/C10H10BrFO2/c1-6-7(5-10(13)14-2)8(11)3-4-9(6)12/h3-4H,5H2,1-2H3. The summed E-state index contributed by atoms with van der Waals surface area (Å²) in [4.78, 5) is 11.0. The van der Waals surface area contributed by atoms with Crippen molar-refractivity contribution in [3.8, 4) is 0 Å². The molecule has 0 radical (unpaired) electrons. The van der Waals surface area contributed by atoms with Crippen molar-refractivity contribution in [3.05, 3.63) is 33.5 Å². The number of ether oxygens (including phenoxy) is 1. The predicted octanol–water partition coefficient (Wildman–Crippen LogP) is 2.61. The molecular weight excluding hydrogens is 251 g/mol. The zero-order valence-corrected chi connectivity index (χ0v) is 9.52. The van der Waals surface area contributed by atoms with Gasteiger partial charge in [-0.2, -0.15) is 0 Å². The summed E-state index contributed by atoms with van der Waals surface area (Å²) in [5.74, 6) is -0.688. The summed E-state index contributed by atoms with van der Waals surface area (Å²) in [5, 5.41) is 0. The minimum atomic E-state index is -0.376. The minimum Gasteiger partial charge on any atom is -0.469 e. The van der Waals surface area contributed by atoms with Gasteiger partial charge < -0.3 is 4.74 Å². The van der Waals surface area contributed by atoms with Crippen LogP contribution in [0.2, 0.25) is 0 Å². The highest BCUT2D eigenvalue weighted by Crippen LogP contribution is 2.23. The smallest absolute Gasteiger partial charge is 0.310 e. The van der Waals surface area contributed by atoms with Crippen LogP contribution in [0.4, 0.5) is 4.39 Å². The molecule has 0 heterocycles. The molecule has 0 spiro atoms. The van der Waals surface area contributed by atoms with Gasteiger partial charge in [0.05, 0.1) is 13.5 Å². The second kappa shape index (κ2) is 4.55. The Morgan fingerprint density at radius 2 is 2.21 bits per heavy atom. The van der Waals surface area contributed by atoms with Crippen LogP contribution in [-0.2, 0) is 16.0 Å². The molecule has 0 aliphatic carbocycles. The fourth-order valence-electron chi connectivity index (χ4n) is 1.13. The number of halogens is 2. The molecule has 0 N–H and O–H groups in total. The van der Waals surface area contributed by atoms with Crippen molar-refractivity contribution in [2.45, 2.75) is 13.3 Å². The molecule has 14 heavy (non-hydrogen) atoms. The van der Waals surface area contributed by atoms with E-state index in [1.54, 1.807) is 13.0 Å². The lowest BCUT2D eigenvalue weighted by atomic mass is 10.1. The van der Waals surface area contributed by atoms with E-state index in [9.17, 15) is 9.18 Å². The van der Waals surface area contributed by atoms with Gasteiger partial charge in [-0.15, -0.1) is 0 Å². The largest absolute Gasteiger partial charge is 0.469 e. The van der Waals surface area contributed by atoms with Crippen molar-refractivity contribution in [1.29, 1.82) is 0 Å². The molecule has 0 fully saturated rings. The molecule has 0 atom stereocenters. The number of methoxy groups -OCH3 is 1. The third-order valence-electron chi connectivity index (χ3n) is 2.02. The topological polar surface area (TPSA) is 26.3 Å². The number of carbonyl (C=O) groups is 1. The average Bonchev–Trinajstić information content (AvgIpc) is 2.18. The maximum absolute atomic E-state index is 13.1. The Morgan fingerprint density at radius 1 is 1.57 bits per heavy atom. The quantitative estimate of drug-likeness (QED) is 0.765. The van der Waals surface area contributed by atoms with Crippen LogP contribution in [0.15, 0.2) is 16.6 Å². The van der Waals surface area contributed by atoms with E-state index in [1.807, 2.05) is 0 Å². The summed E-state index contributed by atoms with van der Waals surface area (Å²) >= 11 is 3.26. The first kappa shape index (κ1) is 11.2. The lowest BCUT2D eigenvalue weighted by Crippen LogP contribution is -2.07. The number of benzene rings is 1. The third kappa shape index (κ3) is 2.32. The summed E-state index contributed by atoms with van der Waals surface area (Å²) < 4.78 is 18.4. The molecule has 0 unspecified atom stereocenters. The minimum absolute atomic E-state index is 0.0840. The molecule has 76 valence electrons. The van der Waals surface area contributed by atoms with E-state index in [2.05, 4.69) is 20.7 Å². The molecule has 0 aliphatic rings. The third-order valence-corrected chi connectivity index (χ3v) is 2.77. The molecule has 2 nitrogen and oxygen atoms in total. The predicted molar refractivity (Wildman–Crippen MR) is 54.6 cm³/mol. The molecule has 0 aliphatic heterocycles. The summed E-state index contributed by atoms with van der Waals surface area (Å²) in [6, 6.07) is 2.95. The zero-order valence-electron chi connectivity index (χ0n) is 7.93. The van der Waals surface area contributed by atoms with Crippen LogP contribution in [-0.4, -0.2) is 13.1 Å². The Morgan fingerprint density at radius 3 is 2.79 bits per heavy atom. The van der Waals surface area contributed by atoms with Crippen LogP contribution in [0.3, 0.4) is 0 Å². The summed E-state index contributed by atoms with van der Waals surface area (Å²) in [5.41, 5.74) is 1.11. The van der Waals surface area contributed by atoms with Crippen LogP contribution < -0.4 is 0 Å². The van der Waals surface area contributed by atoms with Gasteiger partial charge in [0.1, 0.15) is 5.82 Å². The molecule has 1 aromatic rings. The van der Waals surface area contributed by atoms with E-state index < -0.39 is 0 Å². The van der Waals surface area contributed by atoms with Gasteiger partial charge in [0.2, 0.25) is 0 Å². The monoisotopic (exact) mass is 260 g/mol. The van der Waals surface area contributed by atoms with Gasteiger partial charge in [-0.25, -0.2) is 4.39 Å². The van der Waals surface area contributed by atoms with Crippen molar-refractivity contribution < 1.29 is 13.9 Å². The highest BCUT2D eigenvalue weighted by atomic mass is 79.9. The van der Waals surface area contributed by atoms with E-state index in [1.165, 1.54) is 13.2 Å². The number of hydrogen-bond donors (Lipinski definition) is 0. The molecule has 0 saturated heterocycles. The van der Waals surface area contributed by atoms with Crippen LogP contribution in [0.25, 0.3) is 0 Å². The van der Waals surface area contributed by atoms with Crippen LogP contribution in [0.5, 0.6) is 0 Å². The van der Waals surface area contributed by atoms with E-state index in [0.717, 1.165) is 4.47 Å². The Hall–Kier alpha value is -0.900. The van der Waals surface area contributed by atoms with E-state index in [0.29, 0.717) is 11.1 Å². The van der Waals surface area contributed by atoms with Gasteiger partial charge in [-0.1, -0.05) is 15.9 Å². The Labute approximate surface area is 90.2 Å². The SMILES string of the molecule is COC(=O)Cc1c(Br)ccc(F)c1C. The fraction of sp³-hybridized carbons (Fsp3) is 0.300. The Balaban J connectivity index is 3.06. The van der Waals surface area contributed by atoms with Crippen molar-refractivity contribution >= 4 is 21.9 Å². The molecule has 1 rings (SSSR count). The van der Waals surface area contributed by atoms with Crippen LogP contribution >= 0.6 is 15.9 Å². The first-order valence-corrected chi connectivity index (χ1v) is 4.86. The van der Waals surface area contributed by atoms with E-state index >= 15 is 0 Å². The first-order chi connectivity index (χ1) is 6.56. The van der Waals surface area contributed by atoms with Gasteiger partial charge >= 0.3 is 5.97 Å². The van der Waals surface area contributed by atoms with Gasteiger partial charge in [0, 0.05) is 4.47 Å². The van der Waals surface area contributed by atoms with Crippen molar-refractivity contribution in [2.75, 3.05) is 7.11 Å².